The Labute approximate surface area is 69.2 Å². The van der Waals surface area contributed by atoms with Crippen molar-refractivity contribution in [1.82, 2.24) is 4.90 Å². The van der Waals surface area contributed by atoms with E-state index in [0.29, 0.717) is 6.04 Å². The van der Waals surface area contributed by atoms with Crippen LogP contribution in [-0.2, 0) is 0 Å². The number of hydrogen-bond acceptors (Lipinski definition) is 2. The van der Waals surface area contributed by atoms with Gasteiger partial charge in [0.25, 0.3) is 0 Å². The fourth-order valence-electron chi connectivity index (χ4n) is 1.64. The first-order chi connectivity index (χ1) is 5.24. The first-order valence-electron chi connectivity index (χ1n) is 4.66. The third-order valence-electron chi connectivity index (χ3n) is 2.64. The van der Waals surface area contributed by atoms with Crippen LogP contribution in [0.3, 0.4) is 0 Å². The van der Waals surface area contributed by atoms with E-state index in [1.807, 2.05) is 0 Å². The molecule has 1 unspecified atom stereocenters. The smallest absolute Gasteiger partial charge is 0.0667 e. The molecule has 1 heterocycles. The van der Waals surface area contributed by atoms with Gasteiger partial charge >= 0.3 is 0 Å². The molecule has 0 aliphatic carbocycles. The summed E-state index contributed by atoms with van der Waals surface area (Å²) >= 11 is 0. The number of β-amino-alcohol motifs (C(OH)–C–C–N with tert-alkyl or cyclic N) is 1. The molecule has 1 fully saturated rings. The highest BCUT2D eigenvalue weighted by Crippen LogP contribution is 2.13. The lowest BCUT2D eigenvalue weighted by Gasteiger charge is -2.34. The molecule has 0 amide bonds. The maximum absolute atomic E-state index is 9.38. The predicted octanol–water partition coefficient (Wildman–Crippen LogP) is 1.24. The maximum atomic E-state index is 9.38. The average molecular weight is 157 g/mol. The summed E-state index contributed by atoms with van der Waals surface area (Å²) in [4.78, 5) is 2.38. The van der Waals surface area contributed by atoms with Crippen molar-refractivity contribution in [2.24, 2.45) is 0 Å². The van der Waals surface area contributed by atoms with Crippen LogP contribution in [0.4, 0.5) is 0 Å². The molecule has 11 heavy (non-hydrogen) atoms. The molecule has 66 valence electrons. The lowest BCUT2D eigenvalue weighted by atomic mass is 10.1. The summed E-state index contributed by atoms with van der Waals surface area (Å²) in [5, 5.41) is 9.38. The second kappa shape index (κ2) is 4.07. The van der Waals surface area contributed by atoms with Gasteiger partial charge in [-0.25, -0.2) is 0 Å². The zero-order chi connectivity index (χ0) is 8.27. The van der Waals surface area contributed by atoms with Gasteiger partial charge in [0, 0.05) is 12.6 Å². The van der Waals surface area contributed by atoms with E-state index in [-0.39, 0.29) is 6.10 Å². The molecule has 0 radical (unpaired) electrons. The van der Waals surface area contributed by atoms with Crippen LogP contribution in [0.5, 0.6) is 0 Å². The highest BCUT2D eigenvalue weighted by Gasteiger charge is 2.20. The van der Waals surface area contributed by atoms with Gasteiger partial charge in [-0.2, -0.15) is 0 Å². The van der Waals surface area contributed by atoms with Gasteiger partial charge in [0.1, 0.15) is 0 Å². The summed E-state index contributed by atoms with van der Waals surface area (Å²) in [7, 11) is 0. The van der Waals surface area contributed by atoms with Crippen molar-refractivity contribution < 1.29 is 5.11 Å². The lowest BCUT2D eigenvalue weighted by Crippen LogP contribution is -2.43. The zero-order valence-electron chi connectivity index (χ0n) is 7.58. The van der Waals surface area contributed by atoms with Crippen LogP contribution in [0.2, 0.25) is 0 Å². The van der Waals surface area contributed by atoms with E-state index in [2.05, 4.69) is 18.7 Å². The predicted molar refractivity (Wildman–Crippen MR) is 46.6 cm³/mol. The summed E-state index contributed by atoms with van der Waals surface area (Å²) < 4.78 is 0. The van der Waals surface area contributed by atoms with Crippen LogP contribution in [0.15, 0.2) is 0 Å². The topological polar surface area (TPSA) is 23.5 Å². The van der Waals surface area contributed by atoms with Gasteiger partial charge in [-0.1, -0.05) is 6.92 Å². The zero-order valence-corrected chi connectivity index (χ0v) is 7.58. The summed E-state index contributed by atoms with van der Waals surface area (Å²) in [6.07, 6.45) is 3.27. The number of aliphatic hydroxyl groups excluding tert-OH is 1. The van der Waals surface area contributed by atoms with Crippen molar-refractivity contribution in [3.05, 3.63) is 0 Å². The van der Waals surface area contributed by atoms with E-state index in [1.54, 1.807) is 0 Å². The van der Waals surface area contributed by atoms with E-state index < -0.39 is 0 Å². The quantitative estimate of drug-likeness (QED) is 0.652. The minimum Gasteiger partial charge on any atom is -0.392 e. The number of piperidine rings is 1. The summed E-state index contributed by atoms with van der Waals surface area (Å²) in [6.45, 7) is 6.49. The Morgan fingerprint density at radius 1 is 1.64 bits per heavy atom. The van der Waals surface area contributed by atoms with Gasteiger partial charge < -0.3 is 5.11 Å². The van der Waals surface area contributed by atoms with Crippen molar-refractivity contribution in [2.45, 2.75) is 45.3 Å². The molecule has 1 aliphatic heterocycles. The summed E-state index contributed by atoms with van der Waals surface area (Å²) in [6, 6.07) is 0.643. The molecule has 1 rings (SSSR count). The van der Waals surface area contributed by atoms with Crippen molar-refractivity contribution in [1.29, 1.82) is 0 Å². The van der Waals surface area contributed by atoms with Crippen LogP contribution in [0, 0.1) is 0 Å². The third kappa shape index (κ3) is 2.46. The van der Waals surface area contributed by atoms with Gasteiger partial charge in [-0.05, 0) is 32.7 Å². The van der Waals surface area contributed by atoms with E-state index >= 15 is 0 Å². The second-order valence-corrected chi connectivity index (χ2v) is 3.55. The van der Waals surface area contributed by atoms with Gasteiger partial charge in [0.05, 0.1) is 6.10 Å². The first kappa shape index (κ1) is 9.01. The maximum Gasteiger partial charge on any atom is 0.0667 e. The van der Waals surface area contributed by atoms with E-state index in [4.69, 9.17) is 0 Å². The molecule has 0 aromatic rings. The Hall–Kier alpha value is -0.0800. The molecule has 0 aromatic carbocycles. The molecule has 2 atom stereocenters. The third-order valence-corrected chi connectivity index (χ3v) is 2.64. The summed E-state index contributed by atoms with van der Waals surface area (Å²) in [5.74, 6) is 0. The molecule has 1 saturated heterocycles. The highest BCUT2D eigenvalue weighted by atomic mass is 16.3. The fraction of sp³-hybridized carbons (Fsp3) is 1.00. The largest absolute Gasteiger partial charge is 0.392 e. The Balaban J connectivity index is 2.33. The molecule has 1 N–H and O–H groups in total. The minimum absolute atomic E-state index is 0.0715. The molecule has 0 bridgehead atoms. The number of nitrogens with zero attached hydrogens (tertiary/aromatic N) is 1. The van der Waals surface area contributed by atoms with Gasteiger partial charge in [0.2, 0.25) is 0 Å². The molecule has 0 spiro atoms. The van der Waals surface area contributed by atoms with Crippen LogP contribution < -0.4 is 0 Å². The van der Waals surface area contributed by atoms with Crippen molar-refractivity contribution >= 4 is 0 Å². The number of likely N-dealkylation sites (tertiary alicyclic amines) is 1. The SMILES string of the molecule is CCC(C)N1CCC[C@@H](O)C1. The molecule has 2 nitrogen and oxygen atoms in total. The van der Waals surface area contributed by atoms with Crippen LogP contribution >= 0.6 is 0 Å². The van der Waals surface area contributed by atoms with Crippen molar-refractivity contribution in [3.63, 3.8) is 0 Å². The number of hydrogen-bond donors (Lipinski definition) is 1. The first-order valence-corrected chi connectivity index (χ1v) is 4.66. The van der Waals surface area contributed by atoms with E-state index in [1.165, 1.54) is 13.0 Å². The van der Waals surface area contributed by atoms with Crippen LogP contribution in [-0.4, -0.2) is 35.2 Å². The molecule has 1 aliphatic rings. The molecule has 2 heteroatoms. The van der Waals surface area contributed by atoms with Gasteiger partial charge in [-0.15, -0.1) is 0 Å². The van der Waals surface area contributed by atoms with Crippen LogP contribution in [0.25, 0.3) is 0 Å². The Bertz CT molecular complexity index is 116. The standard InChI is InChI=1S/C9H19NO/c1-3-8(2)10-6-4-5-9(11)7-10/h8-9,11H,3-7H2,1-2H3/t8?,9-/m1/s1. The number of rotatable bonds is 2. The van der Waals surface area contributed by atoms with Gasteiger partial charge in [0.15, 0.2) is 0 Å². The number of aliphatic hydroxyl groups is 1. The minimum atomic E-state index is -0.0715. The van der Waals surface area contributed by atoms with E-state index in [0.717, 1.165) is 19.4 Å². The summed E-state index contributed by atoms with van der Waals surface area (Å²) in [5.41, 5.74) is 0. The molecular formula is C9H19NO. The van der Waals surface area contributed by atoms with Crippen molar-refractivity contribution in [2.75, 3.05) is 13.1 Å². The average Bonchev–Trinajstić information content (AvgIpc) is 2.03. The van der Waals surface area contributed by atoms with Crippen LogP contribution in [0.1, 0.15) is 33.1 Å². The molecular weight excluding hydrogens is 138 g/mol. The Kier molecular flexibility index (Phi) is 3.34. The monoisotopic (exact) mass is 157 g/mol. The highest BCUT2D eigenvalue weighted by molar-refractivity contribution is 4.75. The Morgan fingerprint density at radius 3 is 2.91 bits per heavy atom. The second-order valence-electron chi connectivity index (χ2n) is 3.55. The van der Waals surface area contributed by atoms with Crippen molar-refractivity contribution in [3.8, 4) is 0 Å². The fourth-order valence-corrected chi connectivity index (χ4v) is 1.64. The molecule has 0 aromatic heterocycles. The normalized spacial score (nSPS) is 30.3. The lowest BCUT2D eigenvalue weighted by molar-refractivity contribution is 0.0498. The van der Waals surface area contributed by atoms with Gasteiger partial charge in [-0.3, -0.25) is 4.90 Å². The molecule has 0 saturated carbocycles. The Morgan fingerprint density at radius 2 is 2.36 bits per heavy atom. The van der Waals surface area contributed by atoms with E-state index in [9.17, 15) is 5.11 Å².